The van der Waals surface area contributed by atoms with E-state index < -0.39 is 0 Å². The molecule has 0 fully saturated rings. The molecule has 0 aliphatic rings. The number of hydrogen-bond acceptors (Lipinski definition) is 2. The molecule has 10 heavy (non-hydrogen) atoms. The van der Waals surface area contributed by atoms with Crippen LogP contribution in [0.15, 0.2) is 23.4 Å². The largest absolute Gasteiger partial charge is 0.250 e. The maximum atomic E-state index is 4.14. The Labute approximate surface area is 66.9 Å². The van der Waals surface area contributed by atoms with Gasteiger partial charge < -0.3 is 0 Å². The molecule has 2 heteroatoms. The van der Waals surface area contributed by atoms with E-state index in [4.69, 9.17) is 0 Å². The lowest BCUT2D eigenvalue weighted by atomic mass is 10.1. The van der Waals surface area contributed by atoms with Gasteiger partial charge in [0.15, 0.2) is 0 Å². The molecule has 0 aliphatic carbocycles. The van der Waals surface area contributed by atoms with Gasteiger partial charge in [0.2, 0.25) is 0 Å². The zero-order valence-corrected chi connectivity index (χ0v) is 7.10. The topological polar surface area (TPSA) is 12.9 Å². The highest BCUT2D eigenvalue weighted by atomic mass is 32.1. The van der Waals surface area contributed by atoms with E-state index >= 15 is 0 Å². The number of pyridine rings is 1. The monoisotopic (exact) mass is 153 g/mol. The molecule has 0 aliphatic heterocycles. The Kier molecular flexibility index (Phi) is 2.33. The number of nitrogens with zero attached hydrogens (tertiary/aromatic N) is 1. The third-order valence-electron chi connectivity index (χ3n) is 1.44. The first-order chi connectivity index (χ1) is 4.70. The van der Waals surface area contributed by atoms with E-state index in [0.29, 0.717) is 5.92 Å². The van der Waals surface area contributed by atoms with Crippen LogP contribution in [0.4, 0.5) is 0 Å². The van der Waals surface area contributed by atoms with Gasteiger partial charge >= 0.3 is 0 Å². The Bertz CT molecular complexity index is 220. The van der Waals surface area contributed by atoms with Crippen LogP contribution in [0.3, 0.4) is 0 Å². The van der Waals surface area contributed by atoms with Crippen LogP contribution in [-0.2, 0) is 0 Å². The molecular formula is C8H11NS. The van der Waals surface area contributed by atoms with E-state index in [9.17, 15) is 0 Å². The van der Waals surface area contributed by atoms with Crippen molar-refractivity contribution in [2.75, 3.05) is 0 Å². The highest BCUT2D eigenvalue weighted by Crippen LogP contribution is 2.14. The molecule has 1 aromatic heterocycles. The molecule has 1 nitrogen and oxygen atoms in total. The van der Waals surface area contributed by atoms with E-state index in [0.717, 1.165) is 5.03 Å². The molecule has 0 saturated carbocycles. The third-order valence-corrected chi connectivity index (χ3v) is 1.68. The molecule has 1 heterocycles. The highest BCUT2D eigenvalue weighted by Gasteiger charge is 1.97. The first kappa shape index (κ1) is 7.61. The number of thiol groups is 1. The molecule has 1 aromatic rings. The molecule has 0 radical (unpaired) electrons. The molecule has 54 valence electrons. The fourth-order valence-electron chi connectivity index (χ4n) is 0.793. The summed E-state index contributed by atoms with van der Waals surface area (Å²) < 4.78 is 0. The van der Waals surface area contributed by atoms with Gasteiger partial charge in [-0.25, -0.2) is 0 Å². The quantitative estimate of drug-likeness (QED) is 0.612. The van der Waals surface area contributed by atoms with Gasteiger partial charge in [-0.15, -0.1) is 12.6 Å². The summed E-state index contributed by atoms with van der Waals surface area (Å²) in [5.41, 5.74) is 1.29. The predicted octanol–water partition coefficient (Wildman–Crippen LogP) is 2.49. The molecule has 0 amide bonds. The van der Waals surface area contributed by atoms with Gasteiger partial charge in [-0.3, -0.25) is 4.98 Å². The summed E-state index contributed by atoms with van der Waals surface area (Å²) in [6.45, 7) is 4.31. The fraction of sp³-hybridized carbons (Fsp3) is 0.375. The molecule has 0 unspecified atom stereocenters. The van der Waals surface area contributed by atoms with Gasteiger partial charge in [-0.1, -0.05) is 13.8 Å². The maximum Gasteiger partial charge on any atom is 0.0932 e. The Morgan fingerprint density at radius 2 is 2.20 bits per heavy atom. The summed E-state index contributed by atoms with van der Waals surface area (Å²) in [7, 11) is 0. The second-order valence-electron chi connectivity index (χ2n) is 2.60. The summed E-state index contributed by atoms with van der Waals surface area (Å²) >= 11 is 4.14. The van der Waals surface area contributed by atoms with Gasteiger partial charge in [-0.2, -0.15) is 0 Å². The minimum Gasteiger partial charge on any atom is -0.250 e. The first-order valence-corrected chi connectivity index (χ1v) is 3.80. The second kappa shape index (κ2) is 3.06. The summed E-state index contributed by atoms with van der Waals surface area (Å²) in [4.78, 5) is 3.99. The summed E-state index contributed by atoms with van der Waals surface area (Å²) in [5.74, 6) is 0.564. The van der Waals surface area contributed by atoms with Crippen LogP contribution >= 0.6 is 12.6 Å². The highest BCUT2D eigenvalue weighted by molar-refractivity contribution is 7.80. The maximum absolute atomic E-state index is 4.14. The molecule has 0 atom stereocenters. The molecule has 0 N–H and O–H groups in total. The molecular weight excluding hydrogens is 142 g/mol. The smallest absolute Gasteiger partial charge is 0.0932 e. The Balaban J connectivity index is 2.96. The zero-order valence-electron chi connectivity index (χ0n) is 6.20. The Hall–Kier alpha value is -0.500. The van der Waals surface area contributed by atoms with Crippen LogP contribution in [0.1, 0.15) is 25.3 Å². The van der Waals surface area contributed by atoms with Gasteiger partial charge in [0.05, 0.1) is 5.03 Å². The van der Waals surface area contributed by atoms with Gasteiger partial charge in [0.1, 0.15) is 0 Å². The SMILES string of the molecule is CC(C)c1ccnc(S)c1. The first-order valence-electron chi connectivity index (χ1n) is 3.35. The Morgan fingerprint density at radius 1 is 1.50 bits per heavy atom. The standard InChI is InChI=1S/C8H11NS/c1-6(2)7-3-4-9-8(10)5-7/h3-6H,1-2H3,(H,9,10). The van der Waals surface area contributed by atoms with E-state index in [1.807, 2.05) is 12.1 Å². The van der Waals surface area contributed by atoms with E-state index in [2.05, 4.69) is 31.5 Å². The summed E-state index contributed by atoms with van der Waals surface area (Å²) in [6.07, 6.45) is 1.79. The van der Waals surface area contributed by atoms with Crippen molar-refractivity contribution in [1.82, 2.24) is 4.98 Å². The minimum atomic E-state index is 0.564. The van der Waals surface area contributed by atoms with Crippen molar-refractivity contribution < 1.29 is 0 Å². The average molecular weight is 153 g/mol. The molecule has 0 aromatic carbocycles. The number of hydrogen-bond donors (Lipinski definition) is 1. The molecule has 0 saturated heterocycles. The van der Waals surface area contributed by atoms with Crippen molar-refractivity contribution in [2.24, 2.45) is 0 Å². The van der Waals surface area contributed by atoms with Crippen molar-refractivity contribution in [2.45, 2.75) is 24.8 Å². The minimum absolute atomic E-state index is 0.564. The molecule has 1 rings (SSSR count). The van der Waals surface area contributed by atoms with Crippen molar-refractivity contribution in [3.05, 3.63) is 23.9 Å². The van der Waals surface area contributed by atoms with Crippen LogP contribution < -0.4 is 0 Å². The van der Waals surface area contributed by atoms with Crippen molar-refractivity contribution in [3.63, 3.8) is 0 Å². The van der Waals surface area contributed by atoms with E-state index in [1.165, 1.54) is 5.56 Å². The third kappa shape index (κ3) is 1.74. The molecule has 0 spiro atoms. The van der Waals surface area contributed by atoms with Crippen molar-refractivity contribution in [3.8, 4) is 0 Å². The van der Waals surface area contributed by atoms with Crippen molar-refractivity contribution >= 4 is 12.6 Å². The number of aromatic nitrogens is 1. The Morgan fingerprint density at radius 3 is 2.60 bits per heavy atom. The predicted molar refractivity (Wildman–Crippen MR) is 45.6 cm³/mol. The normalized spacial score (nSPS) is 10.4. The van der Waals surface area contributed by atoms with Gasteiger partial charge in [-0.05, 0) is 23.6 Å². The fourth-order valence-corrected chi connectivity index (χ4v) is 1.01. The summed E-state index contributed by atoms with van der Waals surface area (Å²) in [6, 6.07) is 4.01. The second-order valence-corrected chi connectivity index (χ2v) is 3.06. The van der Waals surface area contributed by atoms with Crippen LogP contribution in [0, 0.1) is 0 Å². The van der Waals surface area contributed by atoms with E-state index in [1.54, 1.807) is 6.20 Å². The van der Waals surface area contributed by atoms with Gasteiger partial charge in [0, 0.05) is 6.20 Å². The van der Waals surface area contributed by atoms with Crippen LogP contribution in [-0.4, -0.2) is 4.98 Å². The van der Waals surface area contributed by atoms with Crippen LogP contribution in [0.25, 0.3) is 0 Å². The zero-order chi connectivity index (χ0) is 7.56. The lowest BCUT2D eigenvalue weighted by molar-refractivity contribution is 0.853. The van der Waals surface area contributed by atoms with Crippen LogP contribution in [0.2, 0.25) is 0 Å². The lowest BCUT2D eigenvalue weighted by Crippen LogP contribution is -1.87. The van der Waals surface area contributed by atoms with Crippen LogP contribution in [0.5, 0.6) is 0 Å². The van der Waals surface area contributed by atoms with Gasteiger partial charge in [0.25, 0.3) is 0 Å². The van der Waals surface area contributed by atoms with Crippen molar-refractivity contribution in [1.29, 1.82) is 0 Å². The molecule has 0 bridgehead atoms. The van der Waals surface area contributed by atoms with E-state index in [-0.39, 0.29) is 0 Å². The average Bonchev–Trinajstić information content (AvgIpc) is 1.88. The number of rotatable bonds is 1. The lowest BCUT2D eigenvalue weighted by Gasteiger charge is -2.03. The summed E-state index contributed by atoms with van der Waals surface area (Å²) in [5, 5.41) is 0.797.